The highest BCUT2D eigenvalue weighted by Crippen LogP contribution is 2.59. The molecule has 15 rings (SSSR count). The molecule has 0 saturated carbocycles. The normalized spacial score (nSPS) is 13.3. The van der Waals surface area contributed by atoms with Crippen LogP contribution in [0.5, 0.6) is 0 Å². The van der Waals surface area contributed by atoms with Gasteiger partial charge in [-0.3, -0.25) is 0 Å². The molecule has 4 nitrogen and oxygen atoms in total. The lowest BCUT2D eigenvalue weighted by Crippen LogP contribution is -2.24. The number of anilines is 6. The summed E-state index contributed by atoms with van der Waals surface area (Å²) in [5.74, 6) is 0. The number of hydrogen-bond donors (Lipinski definition) is 0. The second-order valence-electron chi connectivity index (χ2n) is 18.7. The van der Waals surface area contributed by atoms with Crippen molar-refractivity contribution in [3.8, 4) is 0 Å². The van der Waals surface area contributed by atoms with E-state index in [1.165, 1.54) is 65.0 Å². The zero-order valence-electron chi connectivity index (χ0n) is 36.8. The first-order valence-corrected chi connectivity index (χ1v) is 23.2. The number of rotatable bonds is 6. The summed E-state index contributed by atoms with van der Waals surface area (Å²) < 4.78 is 13.7. The summed E-state index contributed by atoms with van der Waals surface area (Å²) in [6, 6.07) is 74.9. The van der Waals surface area contributed by atoms with Gasteiger partial charge in [-0.2, -0.15) is 0 Å². The predicted octanol–water partition coefficient (Wildman–Crippen LogP) is 18.3. The Hall–Kier alpha value is -8.60. The minimum absolute atomic E-state index is 0.390. The fourth-order valence-electron chi connectivity index (χ4n) is 12.1. The molecule has 0 fully saturated rings. The average molecular weight is 857 g/mol. The van der Waals surface area contributed by atoms with Crippen molar-refractivity contribution in [1.29, 1.82) is 0 Å². The molecule has 0 saturated heterocycles. The lowest BCUT2D eigenvalue weighted by molar-refractivity contribution is 0.652. The third kappa shape index (κ3) is 4.81. The minimum atomic E-state index is -0.390. The van der Waals surface area contributed by atoms with E-state index >= 15 is 0 Å². The molecule has 0 radical (unpaired) electrons. The summed E-state index contributed by atoms with van der Waals surface area (Å²) >= 11 is 0. The quantitative estimate of drug-likeness (QED) is 0.123. The molecule has 0 bridgehead atoms. The number of nitrogens with zero attached hydrogens (tertiary/aromatic N) is 2. The third-order valence-corrected chi connectivity index (χ3v) is 14.9. The molecule has 0 unspecified atom stereocenters. The number of para-hydroxylation sites is 6. The highest BCUT2D eigenvalue weighted by atomic mass is 16.3. The summed E-state index contributed by atoms with van der Waals surface area (Å²) in [5.41, 5.74) is 12.2. The van der Waals surface area contributed by atoms with Gasteiger partial charge in [-0.15, -0.1) is 0 Å². The zero-order valence-corrected chi connectivity index (χ0v) is 36.8. The van der Waals surface area contributed by atoms with Crippen LogP contribution in [-0.4, -0.2) is 0 Å². The van der Waals surface area contributed by atoms with Gasteiger partial charge in [0.05, 0.1) is 22.7 Å². The Balaban J connectivity index is 1.10. The van der Waals surface area contributed by atoms with Gasteiger partial charge in [0.2, 0.25) is 0 Å². The monoisotopic (exact) mass is 856 g/mol. The molecule has 314 valence electrons. The molecule has 4 heteroatoms. The summed E-state index contributed by atoms with van der Waals surface area (Å²) in [7, 11) is 0. The van der Waals surface area contributed by atoms with Gasteiger partial charge in [0.15, 0.2) is 11.2 Å². The van der Waals surface area contributed by atoms with E-state index in [1.807, 2.05) is 0 Å². The maximum atomic E-state index is 6.84. The second kappa shape index (κ2) is 13.2. The molecule has 1 aliphatic carbocycles. The molecule has 0 spiro atoms. The molecular formula is C63H40N2O2. The van der Waals surface area contributed by atoms with Crippen molar-refractivity contribution < 1.29 is 8.83 Å². The van der Waals surface area contributed by atoms with Crippen LogP contribution in [0.25, 0.3) is 97.7 Å². The largest absolute Gasteiger partial charge is 0.454 e. The maximum absolute atomic E-state index is 6.84. The summed E-state index contributed by atoms with van der Waals surface area (Å²) in [5, 5.41) is 17.1. The van der Waals surface area contributed by atoms with Crippen LogP contribution >= 0.6 is 0 Å². The van der Waals surface area contributed by atoms with E-state index < -0.39 is 0 Å². The maximum Gasteiger partial charge on any atom is 0.159 e. The van der Waals surface area contributed by atoms with Crippen LogP contribution in [0.4, 0.5) is 34.1 Å². The molecule has 2 aromatic heterocycles. The Morgan fingerprint density at radius 2 is 0.761 bits per heavy atom. The Labute approximate surface area is 385 Å². The van der Waals surface area contributed by atoms with E-state index in [9.17, 15) is 0 Å². The summed E-state index contributed by atoms with van der Waals surface area (Å²) in [6.45, 7) is 4.85. The molecule has 0 aliphatic heterocycles. The minimum Gasteiger partial charge on any atom is -0.454 e. The average Bonchev–Trinajstić information content (AvgIpc) is 3.96. The van der Waals surface area contributed by atoms with E-state index in [-0.39, 0.29) is 5.41 Å². The molecule has 1 aliphatic rings. The van der Waals surface area contributed by atoms with Crippen molar-refractivity contribution >= 4 is 132 Å². The number of benzene rings is 12. The molecule has 14 aromatic rings. The van der Waals surface area contributed by atoms with Crippen LogP contribution in [0.15, 0.2) is 215 Å². The molecule has 67 heavy (non-hydrogen) atoms. The highest BCUT2D eigenvalue weighted by Gasteiger charge is 2.38. The SMILES string of the molecule is CC1(C)c2cccc3c(N(c4ccccc4)c4cccc5c4oc4ccccc45)c4cccc5c6cccc7c(N(c8ccccc8)c8cccc9c8oc8ccccc89)cc1c(c76)c(c23)c45. The van der Waals surface area contributed by atoms with Crippen LogP contribution in [-0.2, 0) is 5.41 Å². The second-order valence-corrected chi connectivity index (χ2v) is 18.7. The van der Waals surface area contributed by atoms with Crippen LogP contribution in [0, 0.1) is 0 Å². The summed E-state index contributed by atoms with van der Waals surface area (Å²) in [6.07, 6.45) is 0. The highest BCUT2D eigenvalue weighted by molar-refractivity contribution is 6.43. The first-order valence-electron chi connectivity index (χ1n) is 23.2. The van der Waals surface area contributed by atoms with Crippen molar-refractivity contribution in [2.75, 3.05) is 9.80 Å². The van der Waals surface area contributed by atoms with Crippen LogP contribution in [0.1, 0.15) is 25.0 Å². The van der Waals surface area contributed by atoms with Crippen molar-refractivity contribution in [3.63, 3.8) is 0 Å². The third-order valence-electron chi connectivity index (χ3n) is 14.9. The van der Waals surface area contributed by atoms with Crippen molar-refractivity contribution in [2.24, 2.45) is 0 Å². The van der Waals surface area contributed by atoms with Gasteiger partial charge in [-0.05, 0) is 98.0 Å². The van der Waals surface area contributed by atoms with Crippen LogP contribution < -0.4 is 9.80 Å². The molecule has 12 aromatic carbocycles. The first kappa shape index (κ1) is 36.7. The van der Waals surface area contributed by atoms with Crippen molar-refractivity contribution in [3.05, 3.63) is 217 Å². The Kier molecular flexibility index (Phi) is 7.26. The van der Waals surface area contributed by atoms with Crippen LogP contribution in [0.3, 0.4) is 0 Å². The van der Waals surface area contributed by atoms with E-state index in [0.717, 1.165) is 78.0 Å². The van der Waals surface area contributed by atoms with Gasteiger partial charge < -0.3 is 18.6 Å². The molecule has 0 N–H and O–H groups in total. The smallest absolute Gasteiger partial charge is 0.159 e. The summed E-state index contributed by atoms with van der Waals surface area (Å²) in [4.78, 5) is 4.90. The standard InChI is InChI=1S/C63H40N2O2/c1-63(2)48-31-15-30-47-57(48)59-56-42(25-14-29-46(56)60(47)65(38-20-7-4-8-21-38)51-33-17-27-44-40-23-10-12-35-54(40)67-62(44)51)41-24-13-28-45-52(36-49(63)58(59)55(41)45)64(37-18-5-3-6-19-37)50-32-16-26-43-39-22-9-11-34-53(39)66-61(43)50/h3-36H,1-2H3. The Bertz CT molecular complexity index is 4370. The fourth-order valence-corrected chi connectivity index (χ4v) is 12.1. The van der Waals surface area contributed by atoms with Gasteiger partial charge in [0.1, 0.15) is 11.2 Å². The number of fused-ring (bicyclic) bond motifs is 7. The van der Waals surface area contributed by atoms with Gasteiger partial charge in [0.25, 0.3) is 0 Å². The van der Waals surface area contributed by atoms with E-state index in [0.29, 0.717) is 0 Å². The molecule has 0 amide bonds. The zero-order chi connectivity index (χ0) is 44.1. The van der Waals surface area contributed by atoms with Gasteiger partial charge in [-0.1, -0.05) is 166 Å². The van der Waals surface area contributed by atoms with E-state index in [1.54, 1.807) is 0 Å². The topological polar surface area (TPSA) is 32.8 Å². The van der Waals surface area contributed by atoms with Gasteiger partial charge >= 0.3 is 0 Å². The number of hydrogen-bond acceptors (Lipinski definition) is 4. The van der Waals surface area contributed by atoms with Crippen molar-refractivity contribution in [2.45, 2.75) is 19.3 Å². The Morgan fingerprint density at radius 1 is 0.313 bits per heavy atom. The molecular weight excluding hydrogens is 817 g/mol. The van der Waals surface area contributed by atoms with E-state index in [2.05, 4.69) is 230 Å². The van der Waals surface area contributed by atoms with E-state index in [4.69, 9.17) is 8.83 Å². The molecule has 0 atom stereocenters. The lowest BCUT2D eigenvalue weighted by Gasteiger charge is -2.38. The first-order chi connectivity index (χ1) is 33.0. The van der Waals surface area contributed by atoms with Gasteiger partial charge in [-0.25, -0.2) is 0 Å². The molecule has 2 heterocycles. The van der Waals surface area contributed by atoms with Crippen molar-refractivity contribution in [1.82, 2.24) is 0 Å². The van der Waals surface area contributed by atoms with Crippen LogP contribution in [0.2, 0.25) is 0 Å². The Morgan fingerprint density at radius 3 is 1.39 bits per heavy atom. The lowest BCUT2D eigenvalue weighted by atomic mass is 9.67. The number of furan rings is 2. The predicted molar refractivity (Wildman–Crippen MR) is 281 cm³/mol. The fraction of sp³-hybridized carbons (Fsp3) is 0.0476. The van der Waals surface area contributed by atoms with Gasteiger partial charge in [0, 0.05) is 59.9 Å².